The summed E-state index contributed by atoms with van der Waals surface area (Å²) in [5.41, 5.74) is 1.33. The Morgan fingerprint density at radius 1 is 0.611 bits per heavy atom. The molecule has 0 radical (unpaired) electrons. The molecular formula is C77H120N12O19. The Morgan fingerprint density at radius 3 is 1.75 bits per heavy atom. The second-order valence-corrected chi connectivity index (χ2v) is 28.5. The highest BCUT2D eigenvalue weighted by molar-refractivity contribution is 6.12. The van der Waals surface area contributed by atoms with Crippen LogP contribution in [0.25, 0.3) is 0 Å². The van der Waals surface area contributed by atoms with Gasteiger partial charge in [0, 0.05) is 92.6 Å². The van der Waals surface area contributed by atoms with Gasteiger partial charge in [-0.15, -0.1) is 0 Å². The maximum Gasteiger partial charge on any atom is 0.253 e. The smallest absolute Gasteiger partial charge is 0.253 e. The molecular weight excluding hydrogens is 1400 g/mol. The van der Waals surface area contributed by atoms with Gasteiger partial charge in [-0.05, 0) is 61.5 Å². The van der Waals surface area contributed by atoms with E-state index in [0.29, 0.717) is 76.0 Å². The molecule has 5 rings (SSSR count). The van der Waals surface area contributed by atoms with Crippen molar-refractivity contribution in [3.05, 3.63) is 83.9 Å². The van der Waals surface area contributed by atoms with Crippen LogP contribution in [0.5, 0.6) is 0 Å². The van der Waals surface area contributed by atoms with E-state index in [1.165, 1.54) is 43.2 Å². The Hall–Kier alpha value is -8.30. The number of likely N-dealkylation sites (N-methyl/N-ethyl adjacent to an activating group) is 2. The van der Waals surface area contributed by atoms with Crippen LogP contribution in [0.3, 0.4) is 0 Å². The molecule has 31 heteroatoms. The van der Waals surface area contributed by atoms with Crippen molar-refractivity contribution >= 4 is 70.9 Å². The number of aliphatic hydroxyl groups excluding tert-OH is 1. The summed E-state index contributed by atoms with van der Waals surface area (Å²) in [6.07, 6.45) is 2.98. The van der Waals surface area contributed by atoms with Crippen molar-refractivity contribution in [2.75, 3.05) is 147 Å². The molecule has 0 unspecified atom stereocenters. The third kappa shape index (κ3) is 29.3. The number of rotatable bonds is 37. The number of ether oxygens (including phenoxy) is 6. The molecule has 2 saturated heterocycles. The van der Waals surface area contributed by atoms with E-state index < -0.39 is 133 Å². The fourth-order valence-electron chi connectivity index (χ4n) is 13.5. The molecule has 108 heavy (non-hydrogen) atoms. The van der Waals surface area contributed by atoms with Gasteiger partial charge >= 0.3 is 0 Å². The predicted molar refractivity (Wildman–Crippen MR) is 400 cm³/mol. The van der Waals surface area contributed by atoms with Crippen molar-refractivity contribution in [1.29, 1.82) is 0 Å². The van der Waals surface area contributed by atoms with Crippen LogP contribution < -0.4 is 31.9 Å². The topological polar surface area (TPSA) is 372 Å². The summed E-state index contributed by atoms with van der Waals surface area (Å²) >= 11 is 0. The molecule has 7 N–H and O–H groups in total. The Morgan fingerprint density at radius 2 is 1.19 bits per heavy atom. The first-order valence-corrected chi connectivity index (χ1v) is 37.8. The van der Waals surface area contributed by atoms with Gasteiger partial charge in [0.05, 0.1) is 128 Å². The molecule has 11 atom stereocenters. The second kappa shape index (κ2) is 47.6. The highest BCUT2D eigenvalue weighted by Crippen LogP contribution is 2.31. The number of nitrogens with one attached hydrogen (secondary N) is 6. The number of amides is 12. The number of carbonyl (C=O) groups is 12. The molecule has 3 aliphatic heterocycles. The van der Waals surface area contributed by atoms with Gasteiger partial charge in [0.15, 0.2) is 0 Å². The van der Waals surface area contributed by atoms with Crippen molar-refractivity contribution in [3.8, 4) is 0 Å². The van der Waals surface area contributed by atoms with E-state index in [0.717, 1.165) is 4.90 Å². The minimum Gasteiger partial charge on any atom is -0.386 e. The number of carbonyl (C=O) groups excluding carboxylic acids is 12. The zero-order valence-corrected chi connectivity index (χ0v) is 65.3. The first-order chi connectivity index (χ1) is 51.6. The molecule has 0 spiro atoms. The third-order valence-electron chi connectivity index (χ3n) is 19.9. The van der Waals surface area contributed by atoms with E-state index >= 15 is 0 Å². The number of imide groups is 1. The summed E-state index contributed by atoms with van der Waals surface area (Å²) in [6, 6.07) is 12.6. The fourth-order valence-corrected chi connectivity index (χ4v) is 13.5. The van der Waals surface area contributed by atoms with Crippen molar-refractivity contribution in [2.24, 2.45) is 23.7 Å². The van der Waals surface area contributed by atoms with Gasteiger partial charge in [-0.2, -0.15) is 0 Å². The van der Waals surface area contributed by atoms with Crippen molar-refractivity contribution in [1.82, 2.24) is 61.3 Å². The molecule has 2 aromatic carbocycles. The highest BCUT2D eigenvalue weighted by atomic mass is 16.5. The van der Waals surface area contributed by atoms with E-state index in [1.54, 1.807) is 106 Å². The average Bonchev–Trinajstić information content (AvgIpc) is 1.47. The zero-order valence-electron chi connectivity index (χ0n) is 65.3. The molecule has 2 aromatic rings. The number of hydrogen-bond acceptors (Lipinski definition) is 20. The number of nitrogens with zero attached hydrogens (tertiary/aromatic N) is 6. The Balaban J connectivity index is 1.10. The largest absolute Gasteiger partial charge is 0.386 e. The summed E-state index contributed by atoms with van der Waals surface area (Å²) in [6.45, 7) is 16.6. The van der Waals surface area contributed by atoms with Crippen LogP contribution in [0.4, 0.5) is 0 Å². The minimum atomic E-state index is -1.24. The van der Waals surface area contributed by atoms with E-state index in [4.69, 9.17) is 28.4 Å². The van der Waals surface area contributed by atoms with Crippen molar-refractivity contribution in [2.45, 2.75) is 161 Å². The van der Waals surface area contributed by atoms with Crippen LogP contribution in [0.1, 0.15) is 118 Å². The van der Waals surface area contributed by atoms with Crippen LogP contribution in [0.15, 0.2) is 72.8 Å². The predicted octanol–water partition coefficient (Wildman–Crippen LogP) is 1.15. The number of benzene rings is 2. The molecule has 3 aliphatic rings. The Labute approximate surface area is 636 Å². The molecule has 0 aliphatic carbocycles. The lowest BCUT2D eigenvalue weighted by Gasteiger charge is -2.41. The summed E-state index contributed by atoms with van der Waals surface area (Å²) in [7, 11) is 6.04. The monoisotopic (exact) mass is 1520 g/mol. The van der Waals surface area contributed by atoms with Crippen molar-refractivity contribution < 1.29 is 91.1 Å². The lowest BCUT2D eigenvalue weighted by atomic mass is 9.89. The van der Waals surface area contributed by atoms with Crippen LogP contribution in [0.2, 0.25) is 0 Å². The lowest BCUT2D eigenvalue weighted by Crippen LogP contribution is -2.61. The Kier molecular flexibility index (Phi) is 39.8. The SMILES string of the molecule is CC[C@H](C)[C@@H]([C@@H](CC(=O)N1CCC[C@@H]1[C@H](OC)[C@@H](C)C(=O)N[C@H](C)[C@@H](O)c1ccccc1)OC)N(C)C(=O)[C@@H](NC(=O)[C@H](C(C)C)N(C)C(=O)CNC(=O)[C@H](Cc1ccccc1)NC(=O)CNC(=O)CNC(=O)CN1CCOCCOCCN(C(=O)CCCCN2C(=O)C=CC2=O)CCOCCOCC1)C(C)C. The van der Waals surface area contributed by atoms with Gasteiger partial charge in [-0.3, -0.25) is 67.3 Å². The third-order valence-corrected chi connectivity index (χ3v) is 19.9. The van der Waals surface area contributed by atoms with Crippen LogP contribution in [0, 0.1) is 23.7 Å². The summed E-state index contributed by atoms with van der Waals surface area (Å²) < 4.78 is 35.1. The summed E-state index contributed by atoms with van der Waals surface area (Å²) in [5, 5.41) is 27.2. The number of methoxy groups -OCH3 is 2. The first kappa shape index (κ1) is 90.3. The average molecular weight is 1520 g/mol. The van der Waals surface area contributed by atoms with E-state index in [1.807, 2.05) is 32.0 Å². The molecule has 0 saturated carbocycles. The van der Waals surface area contributed by atoms with Gasteiger partial charge in [-0.1, -0.05) is 116 Å². The van der Waals surface area contributed by atoms with Gasteiger partial charge in [0.1, 0.15) is 18.1 Å². The van der Waals surface area contributed by atoms with Gasteiger partial charge in [0.25, 0.3) is 11.8 Å². The normalized spacial score (nSPS) is 18.7. The quantitative estimate of drug-likeness (QED) is 0.0368. The molecule has 0 bridgehead atoms. The minimum absolute atomic E-state index is 0.00558. The molecule has 3 heterocycles. The van der Waals surface area contributed by atoms with Crippen molar-refractivity contribution in [3.63, 3.8) is 0 Å². The maximum atomic E-state index is 14.9. The number of unbranched alkanes of at least 4 members (excludes halogenated alkanes) is 1. The summed E-state index contributed by atoms with van der Waals surface area (Å²) in [4.78, 5) is 171. The highest BCUT2D eigenvalue weighted by Gasteiger charge is 2.44. The summed E-state index contributed by atoms with van der Waals surface area (Å²) in [5.74, 6) is -7.64. The maximum absolute atomic E-state index is 14.9. The van der Waals surface area contributed by atoms with E-state index in [2.05, 4.69) is 31.9 Å². The molecule has 2 fully saturated rings. The van der Waals surface area contributed by atoms with E-state index in [-0.39, 0.29) is 121 Å². The fraction of sp³-hybridized carbons (Fsp3) is 0.662. The first-order valence-electron chi connectivity index (χ1n) is 37.8. The van der Waals surface area contributed by atoms with Crippen LogP contribution in [-0.2, 0) is 92.4 Å². The molecule has 0 aromatic heterocycles. The van der Waals surface area contributed by atoms with Crippen LogP contribution in [-0.4, -0.2) is 300 Å². The van der Waals surface area contributed by atoms with Gasteiger partial charge < -0.3 is 85.0 Å². The van der Waals surface area contributed by atoms with E-state index in [9.17, 15) is 62.6 Å². The Bertz CT molecular complexity index is 3200. The zero-order chi connectivity index (χ0) is 79.4. The van der Waals surface area contributed by atoms with Gasteiger partial charge in [-0.25, -0.2) is 0 Å². The second-order valence-electron chi connectivity index (χ2n) is 28.5. The molecule has 12 amide bonds. The number of likely N-dealkylation sites (tertiary alicyclic amines) is 1. The molecule has 602 valence electrons. The van der Waals surface area contributed by atoms with Gasteiger partial charge in [0.2, 0.25) is 59.1 Å². The lowest BCUT2D eigenvalue weighted by molar-refractivity contribution is -0.148. The molecule has 31 nitrogen and oxygen atoms in total. The number of aliphatic hydroxyl groups is 1. The van der Waals surface area contributed by atoms with Crippen LogP contribution >= 0.6 is 0 Å². The standard InChI is InChI=1S/C77H120N12O19/c1-13-53(6)71(60(103-11)46-67(96)88-32-22-27-59(88)73(104-12)54(7)74(99)81-55(8)72(98)57-25-18-15-19-26-57)85(10)77(102)69(51(2)3)83-76(101)70(52(4)5)84(9)68(97)49-80-75(100)58(45-56-23-16-14-17-24-56)82-62(91)48-78-61(90)47-79-63(92)50-86-33-37-105-41-43-107-39-35-87(36-40-108-44-42-106-38-34-86)64(93)28-20-21-31-89-65(94)29-30-66(89)95/h14-19,23-26,29-30,51-55,58-60,69-73,98H,13,20-22,27-28,31-50H2,1-12H3,(H,78,90)(H,79,92)(H,80,100)(H,81,99)(H,82,91)(H,83,101)/t53-,54+,55+,58-,59+,60+,69-,70-,71-,72+,73+/m0/s1. The number of hydrogen-bond donors (Lipinski definition) is 7.